The molecule has 1 aliphatic rings. The summed E-state index contributed by atoms with van der Waals surface area (Å²) >= 11 is 1.59. The number of nitrogens with one attached hydrogen (secondary N) is 1. The van der Waals surface area contributed by atoms with E-state index in [2.05, 4.69) is 9.88 Å². The van der Waals surface area contributed by atoms with E-state index in [-0.39, 0.29) is 5.56 Å². The second-order valence-electron chi connectivity index (χ2n) is 8.08. The molecule has 4 heterocycles. The summed E-state index contributed by atoms with van der Waals surface area (Å²) in [6.45, 7) is 2.43. The number of hydrogen-bond donors (Lipinski definition) is 2. The van der Waals surface area contributed by atoms with Gasteiger partial charge in [0.05, 0.1) is 33.8 Å². The van der Waals surface area contributed by atoms with Gasteiger partial charge in [-0.05, 0) is 36.8 Å². The van der Waals surface area contributed by atoms with Gasteiger partial charge in [0.1, 0.15) is 11.0 Å². The molecule has 0 saturated carbocycles. The number of anilines is 1. The van der Waals surface area contributed by atoms with Crippen LogP contribution in [0.4, 0.5) is 5.69 Å². The number of fused-ring (bicyclic) bond motifs is 7. The van der Waals surface area contributed by atoms with Gasteiger partial charge >= 0.3 is 5.97 Å². The third kappa shape index (κ3) is 2.95. The Morgan fingerprint density at radius 1 is 1.18 bits per heavy atom. The molecule has 5 aromatic rings. The molecular formula is C25H20N4O3S. The van der Waals surface area contributed by atoms with Crippen LogP contribution in [-0.2, 0) is 11.3 Å². The minimum absolute atomic E-state index is 0.257. The third-order valence-electron chi connectivity index (χ3n) is 6.00. The molecule has 0 amide bonds. The fourth-order valence-electron chi connectivity index (χ4n) is 4.69. The maximum absolute atomic E-state index is 12.1. The maximum atomic E-state index is 12.1. The quantitative estimate of drug-likeness (QED) is 0.374. The van der Waals surface area contributed by atoms with Crippen LogP contribution in [-0.4, -0.2) is 32.7 Å². The highest BCUT2D eigenvalue weighted by Crippen LogP contribution is 2.49. The van der Waals surface area contributed by atoms with Gasteiger partial charge in [0.15, 0.2) is 5.82 Å². The van der Waals surface area contributed by atoms with Crippen LogP contribution in [0.5, 0.6) is 0 Å². The molecule has 2 N–H and O–H groups in total. The molecule has 0 unspecified atom stereocenters. The number of aryl methyl sites for hydroxylation is 1. The first-order valence-electron chi connectivity index (χ1n) is 10.5. The molecular weight excluding hydrogens is 436 g/mol. The summed E-state index contributed by atoms with van der Waals surface area (Å²) in [6.07, 6.45) is -0.443. The predicted octanol–water partition coefficient (Wildman–Crippen LogP) is 5.44. The molecule has 3 aromatic heterocycles. The van der Waals surface area contributed by atoms with E-state index in [1.165, 1.54) is 0 Å². The number of aromatic carboxylic acids is 1. The number of carboxylic acids is 1. The third-order valence-corrected chi connectivity index (χ3v) is 7.08. The Labute approximate surface area is 193 Å². The normalized spacial score (nSPS) is 14.8. The summed E-state index contributed by atoms with van der Waals surface area (Å²) in [4.78, 5) is 23.7. The fourth-order valence-corrected chi connectivity index (χ4v) is 5.91. The van der Waals surface area contributed by atoms with Crippen LogP contribution in [0.1, 0.15) is 33.3 Å². The first-order valence-corrected chi connectivity index (χ1v) is 11.4. The topological polar surface area (TPSA) is 89.3 Å². The Hall–Kier alpha value is -3.75. The average molecular weight is 457 g/mol. The Balaban J connectivity index is 1.70. The molecule has 164 valence electrons. The fraction of sp³-hybridized carbons (Fsp3) is 0.160. The van der Waals surface area contributed by atoms with Crippen molar-refractivity contribution in [2.45, 2.75) is 19.7 Å². The van der Waals surface area contributed by atoms with E-state index in [9.17, 15) is 9.90 Å². The Kier molecular flexibility index (Phi) is 4.46. The zero-order valence-corrected chi connectivity index (χ0v) is 18.8. The van der Waals surface area contributed by atoms with Crippen LogP contribution in [0.15, 0.2) is 54.6 Å². The standard InChI is InChI=1S/C25H20N4O3S/c1-13-11-14(12-32-2)19-20-21(33-24(19)26-13)23-27-17-9-5-6-10-18(17)29(23)22(28-20)15-7-3-4-8-16(15)25(30)31/h3-11,22,28H,12H2,1-2H3,(H,30,31)/t22-/m0/s1. The van der Waals surface area contributed by atoms with Crippen LogP contribution >= 0.6 is 11.3 Å². The Bertz CT molecular complexity index is 1570. The number of benzene rings is 2. The number of methoxy groups -OCH3 is 1. The molecule has 33 heavy (non-hydrogen) atoms. The van der Waals surface area contributed by atoms with E-state index in [0.717, 1.165) is 48.9 Å². The highest BCUT2D eigenvalue weighted by Gasteiger charge is 2.34. The van der Waals surface area contributed by atoms with Crippen molar-refractivity contribution in [3.8, 4) is 10.7 Å². The number of aromatic nitrogens is 3. The van der Waals surface area contributed by atoms with E-state index in [4.69, 9.17) is 14.7 Å². The number of nitrogens with zero attached hydrogens (tertiary/aromatic N) is 3. The molecule has 2 aromatic carbocycles. The second kappa shape index (κ2) is 7.40. The number of para-hydroxylation sites is 2. The van der Waals surface area contributed by atoms with Crippen molar-refractivity contribution < 1.29 is 14.6 Å². The number of rotatable bonds is 4. The van der Waals surface area contributed by atoms with Crippen LogP contribution in [0.25, 0.3) is 32.0 Å². The molecule has 0 bridgehead atoms. The van der Waals surface area contributed by atoms with Gasteiger partial charge in [0.25, 0.3) is 0 Å². The maximum Gasteiger partial charge on any atom is 0.336 e. The highest BCUT2D eigenvalue weighted by atomic mass is 32.1. The van der Waals surface area contributed by atoms with Crippen LogP contribution in [0, 0.1) is 6.92 Å². The van der Waals surface area contributed by atoms with Gasteiger partial charge in [-0.15, -0.1) is 11.3 Å². The van der Waals surface area contributed by atoms with E-state index < -0.39 is 12.1 Å². The SMILES string of the molecule is COCc1cc(C)nc2sc3c(c12)N[C@H](c1ccccc1C(=O)O)n1c-3nc2ccccc21. The Morgan fingerprint density at radius 3 is 2.79 bits per heavy atom. The van der Waals surface area contributed by atoms with Crippen molar-refractivity contribution >= 4 is 44.2 Å². The van der Waals surface area contributed by atoms with E-state index >= 15 is 0 Å². The van der Waals surface area contributed by atoms with Crippen molar-refractivity contribution in [3.05, 3.63) is 77.0 Å². The van der Waals surface area contributed by atoms with Gasteiger partial charge in [-0.1, -0.05) is 30.3 Å². The second-order valence-corrected chi connectivity index (χ2v) is 9.07. The summed E-state index contributed by atoms with van der Waals surface area (Å²) in [5.41, 5.74) is 5.62. The largest absolute Gasteiger partial charge is 0.478 e. The van der Waals surface area contributed by atoms with Gasteiger partial charge in [-0.2, -0.15) is 0 Å². The average Bonchev–Trinajstić information content (AvgIpc) is 3.37. The lowest BCUT2D eigenvalue weighted by molar-refractivity contribution is 0.0695. The molecule has 7 nitrogen and oxygen atoms in total. The van der Waals surface area contributed by atoms with E-state index in [0.29, 0.717) is 12.2 Å². The van der Waals surface area contributed by atoms with Crippen molar-refractivity contribution in [1.82, 2.24) is 14.5 Å². The lowest BCUT2D eigenvalue weighted by Gasteiger charge is -2.30. The predicted molar refractivity (Wildman–Crippen MR) is 129 cm³/mol. The van der Waals surface area contributed by atoms with Gasteiger partial charge < -0.3 is 15.2 Å². The van der Waals surface area contributed by atoms with Gasteiger partial charge in [-0.3, -0.25) is 4.57 Å². The molecule has 0 spiro atoms. The van der Waals surface area contributed by atoms with Crippen molar-refractivity contribution in [2.24, 2.45) is 0 Å². The molecule has 8 heteroatoms. The number of carbonyl (C=O) groups is 1. The van der Waals surface area contributed by atoms with Crippen LogP contribution in [0.3, 0.4) is 0 Å². The lowest BCUT2D eigenvalue weighted by Crippen LogP contribution is -2.26. The lowest BCUT2D eigenvalue weighted by atomic mass is 10.0. The molecule has 0 aliphatic carbocycles. The molecule has 1 atom stereocenters. The van der Waals surface area contributed by atoms with E-state index in [1.54, 1.807) is 30.6 Å². The minimum atomic E-state index is -0.961. The van der Waals surface area contributed by atoms with Crippen molar-refractivity contribution in [2.75, 3.05) is 12.4 Å². The highest BCUT2D eigenvalue weighted by molar-refractivity contribution is 7.22. The zero-order valence-electron chi connectivity index (χ0n) is 18.0. The number of pyridine rings is 1. The Morgan fingerprint density at radius 2 is 1.97 bits per heavy atom. The number of thiophene rings is 1. The summed E-state index contributed by atoms with van der Waals surface area (Å²) in [5, 5.41) is 14.6. The number of hydrogen-bond acceptors (Lipinski definition) is 6. The van der Waals surface area contributed by atoms with Gasteiger partial charge in [0, 0.05) is 23.8 Å². The molecule has 6 rings (SSSR count). The van der Waals surface area contributed by atoms with Crippen LogP contribution in [0.2, 0.25) is 0 Å². The first kappa shape index (κ1) is 19.9. The summed E-state index contributed by atoms with van der Waals surface area (Å²) in [5.74, 6) is -0.157. The monoisotopic (exact) mass is 456 g/mol. The summed E-state index contributed by atoms with van der Waals surface area (Å²) in [6, 6.07) is 17.1. The molecule has 0 radical (unpaired) electrons. The van der Waals surface area contributed by atoms with Crippen molar-refractivity contribution in [3.63, 3.8) is 0 Å². The molecule has 0 fully saturated rings. The van der Waals surface area contributed by atoms with Gasteiger partial charge in [-0.25, -0.2) is 14.8 Å². The van der Waals surface area contributed by atoms with Crippen molar-refractivity contribution in [1.29, 1.82) is 0 Å². The molecule has 1 aliphatic heterocycles. The zero-order chi connectivity index (χ0) is 22.7. The van der Waals surface area contributed by atoms with Crippen LogP contribution < -0.4 is 5.32 Å². The summed E-state index contributed by atoms with van der Waals surface area (Å²) < 4.78 is 7.58. The number of imidazole rings is 1. The van der Waals surface area contributed by atoms with Gasteiger partial charge in [0.2, 0.25) is 0 Å². The van der Waals surface area contributed by atoms with E-state index in [1.807, 2.05) is 49.4 Å². The summed E-state index contributed by atoms with van der Waals surface area (Å²) in [7, 11) is 1.68. The molecule has 0 saturated heterocycles. The minimum Gasteiger partial charge on any atom is -0.478 e. The number of ether oxygens (including phenoxy) is 1. The first-order chi connectivity index (χ1) is 16.1. The number of carboxylic acid groups (broad SMARTS) is 1. The smallest absolute Gasteiger partial charge is 0.336 e.